The molecule has 0 radical (unpaired) electrons. The summed E-state index contributed by atoms with van der Waals surface area (Å²) in [7, 11) is 0. The van der Waals surface area contributed by atoms with E-state index in [-0.39, 0.29) is 20.2 Å². The van der Waals surface area contributed by atoms with Gasteiger partial charge in [0.15, 0.2) is 6.26 Å². The van der Waals surface area contributed by atoms with E-state index in [1.54, 1.807) is 109 Å². The number of benzene rings is 6. The zero-order chi connectivity index (χ0) is 51.3. The van der Waals surface area contributed by atoms with Crippen molar-refractivity contribution in [2.45, 2.75) is 26.7 Å². The quantitative estimate of drug-likeness (QED) is 0.00553. The molecule has 372 valence electrons. The van der Waals surface area contributed by atoms with Crippen LogP contribution in [0.2, 0.25) is 0 Å². The Morgan fingerprint density at radius 1 is 0.486 bits per heavy atom. The number of esters is 3. The van der Waals surface area contributed by atoms with Crippen LogP contribution in [0.1, 0.15) is 55.8 Å². The van der Waals surface area contributed by atoms with Crippen molar-refractivity contribution < 1.29 is 66.8 Å². The van der Waals surface area contributed by atoms with Crippen molar-refractivity contribution in [1.82, 2.24) is 0 Å². The molecule has 0 saturated heterocycles. The second-order valence-electron chi connectivity index (χ2n) is 15.1. The van der Waals surface area contributed by atoms with Gasteiger partial charge in [0.1, 0.15) is 46.0 Å². The second-order valence-corrected chi connectivity index (χ2v) is 15.1. The van der Waals surface area contributed by atoms with Crippen molar-refractivity contribution in [3.05, 3.63) is 211 Å². The Morgan fingerprint density at radius 2 is 0.889 bits per heavy atom. The summed E-state index contributed by atoms with van der Waals surface area (Å²) < 4.78 is 49.7. The van der Waals surface area contributed by atoms with Crippen LogP contribution in [-0.4, -0.2) is 57.9 Å². The molecule has 0 unspecified atom stereocenters. The van der Waals surface area contributed by atoms with Crippen molar-refractivity contribution >= 4 is 30.1 Å². The van der Waals surface area contributed by atoms with Crippen LogP contribution in [0.25, 0.3) is 12.2 Å². The minimum Gasteiger partial charge on any atom is -0.494 e. The summed E-state index contributed by atoms with van der Waals surface area (Å²) >= 11 is 0. The molecule has 0 amide bonds. The Labute approximate surface area is 419 Å². The van der Waals surface area contributed by atoms with E-state index in [4.69, 9.17) is 47.5 Å². The van der Waals surface area contributed by atoms with Gasteiger partial charge in [-0.25, -0.2) is 14.4 Å². The number of ether oxygens (including phenoxy) is 9. The van der Waals surface area contributed by atoms with E-state index in [1.807, 2.05) is 50.2 Å². The van der Waals surface area contributed by atoms with Crippen LogP contribution in [0, 0.1) is 13.8 Å². The molecule has 0 aliphatic rings. The molecule has 0 aromatic heterocycles. The number of aryl methyl sites for hydroxylation is 2. The fourth-order valence-corrected chi connectivity index (χ4v) is 6.03. The van der Waals surface area contributed by atoms with E-state index >= 15 is 0 Å². The number of hydrogen-bond acceptors (Lipinski definition) is 14. The monoisotopic (exact) mass is 976 g/mol. The smallest absolute Gasteiger partial charge is 0.343 e. The molecule has 72 heavy (non-hydrogen) atoms. The van der Waals surface area contributed by atoms with Gasteiger partial charge in [0.05, 0.1) is 37.6 Å². The van der Waals surface area contributed by atoms with Crippen LogP contribution in [-0.2, 0) is 19.3 Å². The summed E-state index contributed by atoms with van der Waals surface area (Å²) in [5.41, 5.74) is 6.86. The lowest BCUT2D eigenvalue weighted by Crippen LogP contribution is -2.10. The maximum absolute atomic E-state index is 12.6. The predicted octanol–water partition coefficient (Wildman–Crippen LogP) is 12.1. The molecule has 6 rings (SSSR count). The maximum Gasteiger partial charge on any atom is 0.343 e. The summed E-state index contributed by atoms with van der Waals surface area (Å²) in [4.78, 5) is 45.4. The molecule has 0 saturated carbocycles. The largest absolute Gasteiger partial charge is 0.494 e. The average molecular weight is 977 g/mol. The molecule has 0 N–H and O–H groups in total. The lowest BCUT2D eigenvalue weighted by atomic mass is 10.1. The molecule has 6 aromatic carbocycles. The van der Waals surface area contributed by atoms with E-state index in [0.717, 1.165) is 28.3 Å². The molecular weight excluding hydrogens is 921 g/mol. The van der Waals surface area contributed by atoms with Crippen LogP contribution in [0.4, 0.5) is 0 Å². The maximum atomic E-state index is 12.6. The Kier molecular flexibility index (Phi) is 22.4. The lowest BCUT2D eigenvalue weighted by molar-refractivity contribution is -0.249. The van der Waals surface area contributed by atoms with Gasteiger partial charge in [0.25, 0.3) is 0 Å². The van der Waals surface area contributed by atoms with Crippen molar-refractivity contribution in [1.29, 1.82) is 0 Å². The van der Waals surface area contributed by atoms with Gasteiger partial charge < -0.3 is 47.5 Å². The normalized spacial score (nSPS) is 10.1. The van der Waals surface area contributed by atoms with Gasteiger partial charge in [0.2, 0.25) is 13.6 Å². The summed E-state index contributed by atoms with van der Waals surface area (Å²) in [6, 6.07) is 38.6. The highest BCUT2D eigenvalue weighted by atomic mass is 17.2. The molecule has 0 aliphatic carbocycles. The van der Waals surface area contributed by atoms with Gasteiger partial charge in [-0.1, -0.05) is 68.5 Å². The number of hydrogen-bond donors (Lipinski definition) is 0. The highest BCUT2D eigenvalue weighted by Gasteiger charge is 2.13. The Balaban J connectivity index is 0.000000288. The van der Waals surface area contributed by atoms with Crippen molar-refractivity contribution in [2.75, 3.05) is 40.0 Å². The molecule has 6 aromatic rings. The topological polar surface area (TPSA) is 153 Å². The van der Waals surface area contributed by atoms with Gasteiger partial charge in [-0.15, -0.1) is 0 Å². The molecule has 14 heteroatoms. The lowest BCUT2D eigenvalue weighted by Gasteiger charge is -2.12. The van der Waals surface area contributed by atoms with Gasteiger partial charge in [0, 0.05) is 18.9 Å². The third-order valence-electron chi connectivity index (χ3n) is 9.81. The van der Waals surface area contributed by atoms with E-state index < -0.39 is 17.9 Å². The first-order valence-electron chi connectivity index (χ1n) is 22.6. The standard InChI is InChI=1S/C33H34O10.C25H22O4/c1-4-18-41-42-22-7-20-37-28-12-14-29(15-13-28)39-24-40-31-17-16-30(23-25(31)3)43-33(35)26-8-10-27(11-9-26)36-19-6-21-38-32(34)5-2;1-4-19-6-10-21(11-7-19)25(26)29-23-14-15-24(18(3)16-23)28-17-27-22-12-8-20(5-2)9-13-22/h5,8-18,23H,1-2,6-7,19-22,24H2,3H3;4-16H,1-2,17H2,3H3. The molecule has 0 aliphatic heterocycles. The van der Waals surface area contributed by atoms with E-state index in [2.05, 4.69) is 36.9 Å². The molecule has 0 atom stereocenters. The highest BCUT2D eigenvalue weighted by Crippen LogP contribution is 2.27. The number of carbonyl (C=O) groups excluding carboxylic acids is 3. The van der Waals surface area contributed by atoms with E-state index in [0.29, 0.717) is 89.8 Å². The molecule has 0 bridgehead atoms. The minimum absolute atomic E-state index is 0.00887. The van der Waals surface area contributed by atoms with Crippen molar-refractivity contribution in [3.63, 3.8) is 0 Å². The van der Waals surface area contributed by atoms with Crippen LogP contribution in [0.5, 0.6) is 46.0 Å². The molecular formula is C58H56O14. The first-order chi connectivity index (χ1) is 35.1. The van der Waals surface area contributed by atoms with Crippen LogP contribution in [0.15, 0.2) is 178 Å². The molecule has 0 heterocycles. The average Bonchev–Trinajstić information content (AvgIpc) is 3.40. The van der Waals surface area contributed by atoms with Gasteiger partial charge >= 0.3 is 17.9 Å². The Morgan fingerprint density at radius 3 is 1.33 bits per heavy atom. The minimum atomic E-state index is -0.505. The van der Waals surface area contributed by atoms with E-state index in [1.165, 1.54) is 6.26 Å². The third-order valence-corrected chi connectivity index (χ3v) is 9.81. The van der Waals surface area contributed by atoms with Gasteiger partial charge in [-0.05, 0) is 145 Å². The van der Waals surface area contributed by atoms with Crippen LogP contribution >= 0.6 is 0 Å². The fourth-order valence-electron chi connectivity index (χ4n) is 6.03. The Bertz CT molecular complexity index is 2740. The summed E-state index contributed by atoms with van der Waals surface area (Å²) in [5.74, 6) is 3.31. The van der Waals surface area contributed by atoms with Gasteiger partial charge in [-0.3, -0.25) is 0 Å². The highest BCUT2D eigenvalue weighted by molar-refractivity contribution is 5.92. The molecule has 14 nitrogen and oxygen atoms in total. The van der Waals surface area contributed by atoms with Crippen LogP contribution < -0.4 is 37.9 Å². The van der Waals surface area contributed by atoms with Crippen molar-refractivity contribution in [3.8, 4) is 46.0 Å². The predicted molar refractivity (Wildman–Crippen MR) is 273 cm³/mol. The molecule has 0 spiro atoms. The van der Waals surface area contributed by atoms with Crippen molar-refractivity contribution in [2.24, 2.45) is 0 Å². The SMILES string of the molecule is C=C=COOCCCOc1ccc(OCOc2ccc(OC(=O)c3ccc(OCCCOC(=O)C=C)cc3)cc2C)cc1.C=Cc1ccc(OCOc2ccc(OC(=O)c3ccc(C=C)cc3)cc2C)cc1. The van der Waals surface area contributed by atoms with E-state index in [9.17, 15) is 14.4 Å². The third kappa shape index (κ3) is 18.8. The second kappa shape index (κ2) is 29.8. The summed E-state index contributed by atoms with van der Waals surface area (Å²) in [6.45, 7) is 19.3. The summed E-state index contributed by atoms with van der Waals surface area (Å²) in [6.07, 6.45) is 7.01. The van der Waals surface area contributed by atoms with Crippen LogP contribution in [0.3, 0.4) is 0 Å². The molecule has 0 fully saturated rings. The zero-order valence-electron chi connectivity index (χ0n) is 40.2. The van der Waals surface area contributed by atoms with Gasteiger partial charge in [-0.2, -0.15) is 4.89 Å². The number of carbonyl (C=O) groups is 3. The Hall–Kier alpha value is -8.97. The first-order valence-corrected chi connectivity index (χ1v) is 22.6. The fraction of sp³-hybridized carbons (Fsp3) is 0.172. The number of rotatable bonds is 27. The first kappa shape index (κ1) is 54.0. The zero-order valence-corrected chi connectivity index (χ0v) is 40.2. The summed E-state index contributed by atoms with van der Waals surface area (Å²) in [5, 5.41) is 0.